The lowest BCUT2D eigenvalue weighted by molar-refractivity contribution is 0.0526. The summed E-state index contributed by atoms with van der Waals surface area (Å²) >= 11 is 1.34. The molecule has 1 amide bonds. The summed E-state index contributed by atoms with van der Waals surface area (Å²) in [4.78, 5) is 29.8. The van der Waals surface area contributed by atoms with Crippen LogP contribution in [0.15, 0.2) is 47.5 Å². The van der Waals surface area contributed by atoms with E-state index in [1.807, 2.05) is 17.6 Å². The van der Waals surface area contributed by atoms with E-state index in [4.69, 9.17) is 14.2 Å². The first-order chi connectivity index (χ1) is 14.6. The monoisotopic (exact) mass is 428 g/mol. The van der Waals surface area contributed by atoms with Crippen LogP contribution in [0.4, 0.5) is 0 Å². The SMILES string of the molecule is CCOCCn1c(=NC(=O)c2ccccc2OC)sc2cc(C(=O)OCC)ccc21. The van der Waals surface area contributed by atoms with Crippen molar-refractivity contribution >= 4 is 33.4 Å². The number of aromatic nitrogens is 1. The van der Waals surface area contributed by atoms with Crippen LogP contribution in [0.25, 0.3) is 10.2 Å². The summed E-state index contributed by atoms with van der Waals surface area (Å²) in [6, 6.07) is 12.3. The molecular formula is C22H24N2O5S. The van der Waals surface area contributed by atoms with Crippen molar-refractivity contribution in [2.24, 2.45) is 4.99 Å². The number of nitrogens with zero attached hydrogens (tertiary/aromatic N) is 2. The lowest BCUT2D eigenvalue weighted by atomic mass is 10.2. The second-order valence-electron chi connectivity index (χ2n) is 6.25. The predicted octanol–water partition coefficient (Wildman–Crippen LogP) is 3.67. The molecule has 0 saturated carbocycles. The van der Waals surface area contributed by atoms with Crippen molar-refractivity contribution in [3.05, 3.63) is 58.4 Å². The van der Waals surface area contributed by atoms with Gasteiger partial charge in [-0.3, -0.25) is 4.79 Å². The van der Waals surface area contributed by atoms with Crippen LogP contribution in [0.5, 0.6) is 5.75 Å². The van der Waals surface area contributed by atoms with Gasteiger partial charge in [0.1, 0.15) is 5.75 Å². The lowest BCUT2D eigenvalue weighted by Gasteiger charge is -2.07. The van der Waals surface area contributed by atoms with Crippen molar-refractivity contribution in [2.45, 2.75) is 20.4 Å². The highest BCUT2D eigenvalue weighted by Gasteiger charge is 2.14. The topological polar surface area (TPSA) is 79.1 Å². The smallest absolute Gasteiger partial charge is 0.338 e. The highest BCUT2D eigenvalue weighted by molar-refractivity contribution is 7.16. The van der Waals surface area contributed by atoms with Crippen LogP contribution in [0.2, 0.25) is 0 Å². The number of esters is 1. The van der Waals surface area contributed by atoms with Crippen LogP contribution >= 0.6 is 11.3 Å². The maximum absolute atomic E-state index is 12.9. The van der Waals surface area contributed by atoms with Crippen molar-refractivity contribution in [3.8, 4) is 5.75 Å². The van der Waals surface area contributed by atoms with Gasteiger partial charge in [0.05, 0.1) is 41.7 Å². The minimum atomic E-state index is -0.394. The molecule has 0 spiro atoms. The van der Waals surface area contributed by atoms with Gasteiger partial charge < -0.3 is 18.8 Å². The van der Waals surface area contributed by atoms with E-state index in [-0.39, 0.29) is 5.97 Å². The fourth-order valence-corrected chi connectivity index (χ4v) is 4.08. The third kappa shape index (κ3) is 4.77. The number of amides is 1. The number of para-hydroxylation sites is 1. The van der Waals surface area contributed by atoms with Gasteiger partial charge in [-0.25, -0.2) is 4.79 Å². The number of carbonyl (C=O) groups is 2. The zero-order chi connectivity index (χ0) is 21.5. The van der Waals surface area contributed by atoms with Gasteiger partial charge in [0.25, 0.3) is 5.91 Å². The molecule has 0 atom stereocenters. The van der Waals surface area contributed by atoms with Gasteiger partial charge in [0, 0.05) is 13.2 Å². The molecule has 0 radical (unpaired) electrons. The Hall–Kier alpha value is -2.97. The van der Waals surface area contributed by atoms with E-state index in [0.29, 0.717) is 48.0 Å². The van der Waals surface area contributed by atoms with E-state index in [9.17, 15) is 9.59 Å². The predicted molar refractivity (Wildman–Crippen MR) is 115 cm³/mol. The van der Waals surface area contributed by atoms with E-state index < -0.39 is 5.91 Å². The first-order valence-corrected chi connectivity index (χ1v) is 10.5. The number of hydrogen-bond donors (Lipinski definition) is 0. The van der Waals surface area contributed by atoms with Crippen LogP contribution in [-0.2, 0) is 16.0 Å². The van der Waals surface area contributed by atoms with Crippen molar-refractivity contribution in [1.82, 2.24) is 4.57 Å². The van der Waals surface area contributed by atoms with E-state index >= 15 is 0 Å². The average molecular weight is 429 g/mol. The minimum absolute atomic E-state index is 0.309. The van der Waals surface area contributed by atoms with Crippen molar-refractivity contribution < 1.29 is 23.8 Å². The van der Waals surface area contributed by atoms with Crippen molar-refractivity contribution in [2.75, 3.05) is 26.9 Å². The largest absolute Gasteiger partial charge is 0.496 e. The second kappa shape index (κ2) is 10.2. The van der Waals surface area contributed by atoms with Crippen LogP contribution in [-0.4, -0.2) is 43.4 Å². The molecule has 3 rings (SSSR count). The number of thiazole rings is 1. The molecular weight excluding hydrogens is 404 g/mol. The summed E-state index contributed by atoms with van der Waals surface area (Å²) in [5.41, 5.74) is 1.73. The molecule has 0 unspecified atom stereocenters. The van der Waals surface area contributed by atoms with Gasteiger partial charge in [-0.1, -0.05) is 23.5 Å². The Labute approximate surface area is 178 Å². The van der Waals surface area contributed by atoms with Gasteiger partial charge in [-0.2, -0.15) is 4.99 Å². The molecule has 8 heteroatoms. The summed E-state index contributed by atoms with van der Waals surface area (Å²) in [6.07, 6.45) is 0. The van der Waals surface area contributed by atoms with Gasteiger partial charge in [-0.15, -0.1) is 0 Å². The van der Waals surface area contributed by atoms with E-state index in [0.717, 1.165) is 10.2 Å². The molecule has 158 valence electrons. The highest BCUT2D eigenvalue weighted by Crippen LogP contribution is 2.21. The lowest BCUT2D eigenvalue weighted by Crippen LogP contribution is -2.20. The van der Waals surface area contributed by atoms with E-state index in [1.165, 1.54) is 18.4 Å². The molecule has 2 aromatic carbocycles. The molecule has 30 heavy (non-hydrogen) atoms. The Morgan fingerprint density at radius 3 is 2.63 bits per heavy atom. The Kier molecular flexibility index (Phi) is 7.37. The third-order valence-electron chi connectivity index (χ3n) is 4.39. The molecule has 0 saturated heterocycles. The summed E-state index contributed by atoms with van der Waals surface area (Å²) in [5.74, 6) is -0.301. The number of benzene rings is 2. The molecule has 0 aliphatic carbocycles. The summed E-state index contributed by atoms with van der Waals surface area (Å²) in [6.45, 7) is 5.62. The fourth-order valence-electron chi connectivity index (χ4n) is 2.98. The van der Waals surface area contributed by atoms with Gasteiger partial charge >= 0.3 is 5.97 Å². The molecule has 0 aliphatic rings. The Morgan fingerprint density at radius 1 is 1.10 bits per heavy atom. The quantitative estimate of drug-likeness (QED) is 0.404. The zero-order valence-electron chi connectivity index (χ0n) is 17.2. The number of methoxy groups -OCH3 is 1. The van der Waals surface area contributed by atoms with Crippen molar-refractivity contribution in [1.29, 1.82) is 0 Å². The minimum Gasteiger partial charge on any atom is -0.496 e. The molecule has 7 nitrogen and oxygen atoms in total. The molecule has 1 aromatic heterocycles. The standard InChI is InChI=1S/C22H24N2O5S/c1-4-28-13-12-24-17-11-10-15(21(26)29-5-2)14-19(17)30-22(24)23-20(25)16-8-6-7-9-18(16)27-3/h6-11,14H,4-5,12-13H2,1-3H3. The fraction of sp³-hybridized carbons (Fsp3) is 0.318. The summed E-state index contributed by atoms with van der Waals surface area (Å²) in [5, 5.41) is 0. The van der Waals surface area contributed by atoms with Crippen LogP contribution in [0.1, 0.15) is 34.6 Å². The van der Waals surface area contributed by atoms with Gasteiger partial charge in [-0.05, 0) is 44.2 Å². The molecule has 0 fully saturated rings. The van der Waals surface area contributed by atoms with Crippen LogP contribution in [0, 0.1) is 0 Å². The van der Waals surface area contributed by atoms with Crippen LogP contribution in [0.3, 0.4) is 0 Å². The summed E-state index contributed by atoms with van der Waals surface area (Å²) in [7, 11) is 1.52. The third-order valence-corrected chi connectivity index (χ3v) is 5.43. The number of fused-ring (bicyclic) bond motifs is 1. The first kappa shape index (κ1) is 21.7. The Morgan fingerprint density at radius 2 is 1.90 bits per heavy atom. The number of hydrogen-bond acceptors (Lipinski definition) is 6. The van der Waals surface area contributed by atoms with Gasteiger partial charge in [0.15, 0.2) is 4.80 Å². The highest BCUT2D eigenvalue weighted by atomic mass is 32.1. The number of ether oxygens (including phenoxy) is 3. The molecule has 3 aromatic rings. The second-order valence-corrected chi connectivity index (χ2v) is 7.26. The maximum atomic E-state index is 12.9. The molecule has 1 heterocycles. The Balaban J connectivity index is 2.08. The zero-order valence-corrected chi connectivity index (χ0v) is 18.0. The first-order valence-electron chi connectivity index (χ1n) is 9.69. The number of carbonyl (C=O) groups excluding carboxylic acids is 2. The Bertz CT molecular complexity index is 1120. The molecule has 0 N–H and O–H groups in total. The normalized spacial score (nSPS) is 11.6. The van der Waals surface area contributed by atoms with Crippen molar-refractivity contribution in [3.63, 3.8) is 0 Å². The number of rotatable bonds is 8. The van der Waals surface area contributed by atoms with Crippen LogP contribution < -0.4 is 9.54 Å². The molecule has 0 bridgehead atoms. The maximum Gasteiger partial charge on any atom is 0.338 e. The summed E-state index contributed by atoms with van der Waals surface area (Å²) < 4.78 is 18.6. The van der Waals surface area contributed by atoms with E-state index in [1.54, 1.807) is 43.3 Å². The van der Waals surface area contributed by atoms with Gasteiger partial charge in [0.2, 0.25) is 0 Å². The van der Waals surface area contributed by atoms with E-state index in [2.05, 4.69) is 4.99 Å². The molecule has 0 aliphatic heterocycles. The average Bonchev–Trinajstić information content (AvgIpc) is 3.10.